The summed E-state index contributed by atoms with van der Waals surface area (Å²) in [6.45, 7) is 2.44. The second kappa shape index (κ2) is 13.1. The van der Waals surface area contributed by atoms with E-state index in [4.69, 9.17) is 4.98 Å². The van der Waals surface area contributed by atoms with E-state index in [1.165, 1.54) is 32.6 Å². The first-order valence-corrected chi connectivity index (χ1v) is 17.2. The Bertz CT molecular complexity index is 1820. The van der Waals surface area contributed by atoms with E-state index < -0.39 is 12.8 Å². The maximum atomic E-state index is 5.17. The maximum absolute atomic E-state index is 5.17. The predicted octanol–water partition coefficient (Wildman–Crippen LogP) is 5.32. The van der Waals surface area contributed by atoms with E-state index >= 15 is 0 Å². The number of rotatable bonds is 8. The van der Waals surface area contributed by atoms with Crippen LogP contribution >= 0.6 is 7.26 Å². The summed E-state index contributed by atoms with van der Waals surface area (Å²) in [4.78, 5) is 5.17. The third-order valence-corrected chi connectivity index (χ3v) is 12.8. The molecule has 0 aliphatic carbocycles. The van der Waals surface area contributed by atoms with E-state index in [2.05, 4.69) is 193 Å². The van der Waals surface area contributed by atoms with E-state index in [-0.39, 0.29) is 12.4 Å². The number of hydrogen-bond acceptors (Lipinski definition) is 1. The lowest BCUT2D eigenvalue weighted by Crippen LogP contribution is -3.00. The Balaban J connectivity index is 0.00000357. The van der Waals surface area contributed by atoms with Crippen molar-refractivity contribution in [3.63, 3.8) is 0 Å². The molecule has 1 heterocycles. The molecule has 45 heavy (non-hydrogen) atoms. The summed E-state index contributed by atoms with van der Waals surface area (Å²) in [5, 5.41) is 4.03. The third-order valence-electron chi connectivity index (χ3n) is 8.75. The minimum atomic E-state index is -1.98. The number of halogens is 1. The number of hydrogen-bond donors (Lipinski definition) is 0. The molecule has 0 unspecified atom stereocenters. The van der Waals surface area contributed by atoms with Gasteiger partial charge in [0, 0.05) is 11.8 Å². The average Bonchev–Trinajstić information content (AvgIpc) is 3.61. The van der Waals surface area contributed by atoms with E-state index in [0.29, 0.717) is 0 Å². The molecular formula is C41H34ClN2P. The molecule has 0 radical (unpaired) electrons. The van der Waals surface area contributed by atoms with Crippen LogP contribution in [0.25, 0.3) is 11.3 Å². The van der Waals surface area contributed by atoms with Gasteiger partial charge in [0.15, 0.2) is 0 Å². The summed E-state index contributed by atoms with van der Waals surface area (Å²) >= 11 is 0. The second-order valence-corrected chi connectivity index (χ2v) is 14.7. The predicted molar refractivity (Wildman–Crippen MR) is 187 cm³/mol. The molecule has 1 aromatic heterocycles. The molecule has 0 atom stereocenters. The minimum Gasteiger partial charge on any atom is -1.00 e. The second-order valence-electron chi connectivity index (χ2n) is 11.2. The molecule has 220 valence electrons. The molecule has 2 nitrogen and oxygen atoms in total. The first kappa shape index (κ1) is 30.3. The SMILES string of the molecule is C[P+](c1ccccc1)(c1ccccc1)c1ccccc1-c1cn(C(c2ccccc2)(c2ccccc2)c2ccccc2)cn1.[Cl-]. The molecule has 0 bridgehead atoms. The number of imidazole rings is 1. The van der Waals surface area contributed by atoms with Gasteiger partial charge in [-0.3, -0.25) is 0 Å². The number of benzene rings is 6. The topological polar surface area (TPSA) is 17.8 Å². The zero-order chi connectivity index (χ0) is 29.8. The Morgan fingerprint density at radius 3 is 1.31 bits per heavy atom. The van der Waals surface area contributed by atoms with Crippen LogP contribution in [0.15, 0.2) is 188 Å². The van der Waals surface area contributed by atoms with Gasteiger partial charge in [0.1, 0.15) is 28.7 Å². The monoisotopic (exact) mass is 620 g/mol. The van der Waals surface area contributed by atoms with Gasteiger partial charge >= 0.3 is 0 Å². The van der Waals surface area contributed by atoms with Gasteiger partial charge in [0.2, 0.25) is 0 Å². The van der Waals surface area contributed by atoms with Crippen molar-refractivity contribution in [1.82, 2.24) is 9.55 Å². The van der Waals surface area contributed by atoms with Crippen molar-refractivity contribution in [2.75, 3.05) is 6.66 Å². The zero-order valence-electron chi connectivity index (χ0n) is 25.1. The minimum absolute atomic E-state index is 0. The molecule has 0 fully saturated rings. The van der Waals surface area contributed by atoms with Crippen molar-refractivity contribution in [2.24, 2.45) is 0 Å². The normalized spacial score (nSPS) is 11.5. The molecular weight excluding hydrogens is 587 g/mol. The van der Waals surface area contributed by atoms with E-state index in [1.807, 2.05) is 6.33 Å². The van der Waals surface area contributed by atoms with Crippen molar-refractivity contribution < 1.29 is 12.4 Å². The van der Waals surface area contributed by atoms with Crippen molar-refractivity contribution in [2.45, 2.75) is 5.54 Å². The van der Waals surface area contributed by atoms with Gasteiger partial charge in [0.25, 0.3) is 0 Å². The number of nitrogens with zero attached hydrogens (tertiary/aromatic N) is 2. The van der Waals surface area contributed by atoms with Crippen LogP contribution in [0.2, 0.25) is 0 Å². The average molecular weight is 621 g/mol. The summed E-state index contributed by atoms with van der Waals surface area (Å²) in [6.07, 6.45) is 4.26. The Hall–Kier alpha value is -4.75. The summed E-state index contributed by atoms with van der Waals surface area (Å²) in [7, 11) is -1.98. The smallest absolute Gasteiger partial charge is 0.121 e. The fourth-order valence-corrected chi connectivity index (χ4v) is 10.0. The van der Waals surface area contributed by atoms with Gasteiger partial charge in [-0.25, -0.2) is 4.98 Å². The van der Waals surface area contributed by atoms with Crippen molar-refractivity contribution in [1.29, 1.82) is 0 Å². The van der Waals surface area contributed by atoms with Crippen LogP contribution in [0.1, 0.15) is 16.7 Å². The Kier molecular flexibility index (Phi) is 8.80. The fourth-order valence-electron chi connectivity index (χ4n) is 6.59. The van der Waals surface area contributed by atoms with E-state index in [9.17, 15) is 0 Å². The van der Waals surface area contributed by atoms with Gasteiger partial charge in [-0.05, 0) is 53.1 Å². The summed E-state index contributed by atoms with van der Waals surface area (Å²) in [5.74, 6) is 0. The lowest BCUT2D eigenvalue weighted by atomic mass is 9.77. The molecule has 0 aliphatic rings. The molecule has 0 amide bonds. The zero-order valence-corrected chi connectivity index (χ0v) is 26.8. The van der Waals surface area contributed by atoms with Crippen LogP contribution < -0.4 is 28.3 Å². The molecule has 0 N–H and O–H groups in total. The summed E-state index contributed by atoms with van der Waals surface area (Å²) in [5.41, 5.74) is 5.06. The molecule has 0 spiro atoms. The van der Waals surface area contributed by atoms with Crippen LogP contribution in [-0.4, -0.2) is 16.2 Å². The molecule has 0 aliphatic heterocycles. The van der Waals surface area contributed by atoms with Gasteiger partial charge in [-0.1, -0.05) is 140 Å². The highest BCUT2D eigenvalue weighted by Gasteiger charge is 2.43. The van der Waals surface area contributed by atoms with Crippen molar-refractivity contribution in [3.8, 4) is 11.3 Å². The van der Waals surface area contributed by atoms with Crippen molar-refractivity contribution >= 4 is 23.2 Å². The quantitative estimate of drug-likeness (QED) is 0.166. The van der Waals surface area contributed by atoms with Crippen LogP contribution in [0.5, 0.6) is 0 Å². The highest BCUT2D eigenvalue weighted by atomic mass is 35.5. The van der Waals surface area contributed by atoms with Gasteiger partial charge in [-0.15, -0.1) is 0 Å². The highest BCUT2D eigenvalue weighted by Crippen LogP contribution is 2.53. The summed E-state index contributed by atoms with van der Waals surface area (Å²) < 4.78 is 2.31. The molecule has 7 aromatic rings. The highest BCUT2D eigenvalue weighted by molar-refractivity contribution is 7.95. The Labute approximate surface area is 272 Å². The van der Waals surface area contributed by atoms with Crippen molar-refractivity contribution in [3.05, 3.63) is 205 Å². The third kappa shape index (κ3) is 5.31. The van der Waals surface area contributed by atoms with Crippen LogP contribution in [-0.2, 0) is 5.54 Å². The first-order valence-electron chi connectivity index (χ1n) is 15.0. The van der Waals surface area contributed by atoms with Gasteiger partial charge < -0.3 is 17.0 Å². The Morgan fingerprint density at radius 1 is 0.489 bits per heavy atom. The van der Waals surface area contributed by atoms with Crippen LogP contribution in [0.3, 0.4) is 0 Å². The lowest BCUT2D eigenvalue weighted by Gasteiger charge is -2.37. The molecule has 6 aromatic carbocycles. The van der Waals surface area contributed by atoms with Gasteiger partial charge in [0.05, 0.1) is 18.7 Å². The molecule has 4 heteroatoms. The van der Waals surface area contributed by atoms with Crippen LogP contribution in [0, 0.1) is 0 Å². The largest absolute Gasteiger partial charge is 1.00 e. The van der Waals surface area contributed by atoms with Crippen LogP contribution in [0.4, 0.5) is 0 Å². The maximum Gasteiger partial charge on any atom is 0.121 e. The van der Waals surface area contributed by atoms with E-state index in [0.717, 1.165) is 11.3 Å². The molecule has 7 rings (SSSR count). The standard InChI is InChI=1S/C41H34N2P.ClH/c1-44(36-25-13-5-14-26-36,37-27-15-6-16-28-37)40-30-18-17-29-38(40)39-31-43(32-42-39)41(33-19-7-2-8-20-33,34-21-9-3-10-22-34)35-23-11-4-12-24-35;/h2-32H,1H3;1H/q+1;/p-1. The molecule has 0 saturated carbocycles. The molecule has 0 saturated heterocycles. The summed E-state index contributed by atoms with van der Waals surface area (Å²) in [6, 6.07) is 63.1. The van der Waals surface area contributed by atoms with Gasteiger partial charge in [-0.2, -0.15) is 0 Å². The number of aromatic nitrogens is 2. The fraction of sp³-hybridized carbons (Fsp3) is 0.0488. The van der Waals surface area contributed by atoms with E-state index in [1.54, 1.807) is 0 Å². The first-order chi connectivity index (χ1) is 21.7. The lowest BCUT2D eigenvalue weighted by molar-refractivity contribution is -0.00000853. The Morgan fingerprint density at radius 2 is 0.867 bits per heavy atom.